The largest absolute Gasteiger partial charge is 0.481 e. The van der Waals surface area contributed by atoms with Gasteiger partial charge >= 0.3 is 5.97 Å². The molecule has 0 aromatic rings. The fourth-order valence-corrected chi connectivity index (χ4v) is 3.04. The summed E-state index contributed by atoms with van der Waals surface area (Å²) in [7, 11) is 0. The zero-order chi connectivity index (χ0) is 12.5. The van der Waals surface area contributed by atoms with Gasteiger partial charge in [-0.05, 0) is 18.3 Å². The summed E-state index contributed by atoms with van der Waals surface area (Å²) in [6.45, 7) is 1.42. The van der Waals surface area contributed by atoms with Crippen molar-refractivity contribution < 1.29 is 19.8 Å². The second kappa shape index (κ2) is 4.64. The lowest BCUT2D eigenvalue weighted by atomic mass is 9.63. The molecule has 1 spiro atoms. The fourth-order valence-electron chi connectivity index (χ4n) is 3.04. The maximum Gasteiger partial charge on any atom is 0.303 e. The Bertz CT molecular complexity index is 324. The molecule has 17 heavy (non-hydrogen) atoms. The molecule has 96 valence electrons. The van der Waals surface area contributed by atoms with Crippen molar-refractivity contribution in [1.29, 1.82) is 0 Å². The summed E-state index contributed by atoms with van der Waals surface area (Å²) in [6, 6.07) is 0. The predicted molar refractivity (Wildman–Crippen MR) is 60.3 cm³/mol. The molecule has 1 atom stereocenters. The maximum absolute atomic E-state index is 11.8. The molecule has 1 aliphatic carbocycles. The molecule has 2 N–H and O–H groups in total. The highest BCUT2D eigenvalue weighted by Crippen LogP contribution is 2.51. The number of hydrogen-bond donors (Lipinski definition) is 2. The molecule has 5 heteroatoms. The van der Waals surface area contributed by atoms with Crippen LogP contribution in [0.5, 0.6) is 0 Å². The molecule has 0 unspecified atom stereocenters. The number of carbonyl (C=O) groups is 2. The van der Waals surface area contributed by atoms with Gasteiger partial charge in [0.25, 0.3) is 0 Å². The molecule has 0 aromatic carbocycles. The number of amides is 1. The molecule has 0 aromatic heterocycles. The van der Waals surface area contributed by atoms with Crippen LogP contribution < -0.4 is 0 Å². The van der Waals surface area contributed by atoms with Crippen molar-refractivity contribution >= 4 is 11.9 Å². The molecule has 1 heterocycles. The van der Waals surface area contributed by atoms with Gasteiger partial charge in [-0.15, -0.1) is 0 Å². The van der Waals surface area contributed by atoms with Crippen LogP contribution in [0.3, 0.4) is 0 Å². The SMILES string of the molecule is O=C(O)CCC(=O)N1C[C@@H](CO)C2(CCC2)C1. The normalized spacial score (nSPS) is 25.9. The highest BCUT2D eigenvalue weighted by molar-refractivity contribution is 5.81. The Hall–Kier alpha value is -1.10. The average Bonchev–Trinajstić information content (AvgIpc) is 2.64. The summed E-state index contributed by atoms with van der Waals surface area (Å²) in [5, 5.41) is 17.9. The Morgan fingerprint density at radius 2 is 2.00 bits per heavy atom. The van der Waals surface area contributed by atoms with Crippen molar-refractivity contribution in [2.75, 3.05) is 19.7 Å². The van der Waals surface area contributed by atoms with Crippen LogP contribution in [0.2, 0.25) is 0 Å². The quantitative estimate of drug-likeness (QED) is 0.750. The fraction of sp³-hybridized carbons (Fsp3) is 0.833. The number of rotatable bonds is 4. The number of nitrogens with zero attached hydrogens (tertiary/aromatic N) is 1. The van der Waals surface area contributed by atoms with Crippen molar-refractivity contribution in [3.05, 3.63) is 0 Å². The van der Waals surface area contributed by atoms with E-state index in [0.29, 0.717) is 13.1 Å². The van der Waals surface area contributed by atoms with E-state index < -0.39 is 5.97 Å². The smallest absolute Gasteiger partial charge is 0.303 e. The minimum absolute atomic E-state index is 0.0730. The van der Waals surface area contributed by atoms with Gasteiger partial charge in [0.15, 0.2) is 0 Å². The second-order valence-electron chi connectivity index (χ2n) is 5.26. The third kappa shape index (κ3) is 2.29. The van der Waals surface area contributed by atoms with Crippen LogP contribution in [0.15, 0.2) is 0 Å². The van der Waals surface area contributed by atoms with Gasteiger partial charge in [0.2, 0.25) is 5.91 Å². The number of likely N-dealkylation sites (tertiary alicyclic amines) is 1. The molecular weight excluding hydrogens is 222 g/mol. The van der Waals surface area contributed by atoms with Gasteiger partial charge in [0, 0.05) is 32.0 Å². The van der Waals surface area contributed by atoms with Crippen LogP contribution >= 0.6 is 0 Å². The topological polar surface area (TPSA) is 77.8 Å². The van der Waals surface area contributed by atoms with E-state index in [0.717, 1.165) is 12.8 Å². The predicted octanol–water partition coefficient (Wildman–Crippen LogP) is 0.472. The van der Waals surface area contributed by atoms with Gasteiger partial charge in [-0.1, -0.05) is 6.42 Å². The van der Waals surface area contributed by atoms with Crippen LogP contribution in [-0.2, 0) is 9.59 Å². The van der Waals surface area contributed by atoms with E-state index in [1.165, 1.54) is 6.42 Å². The van der Waals surface area contributed by atoms with E-state index in [2.05, 4.69) is 0 Å². The Labute approximate surface area is 100 Å². The number of aliphatic hydroxyl groups excluding tert-OH is 1. The summed E-state index contributed by atoms with van der Waals surface area (Å²) in [5.74, 6) is -0.839. The lowest BCUT2D eigenvalue weighted by Gasteiger charge is -2.42. The molecule has 1 aliphatic heterocycles. The number of aliphatic carboxylic acids is 1. The number of aliphatic hydroxyl groups is 1. The van der Waals surface area contributed by atoms with Crippen molar-refractivity contribution in [2.24, 2.45) is 11.3 Å². The highest BCUT2D eigenvalue weighted by atomic mass is 16.4. The number of hydrogen-bond acceptors (Lipinski definition) is 3. The average molecular weight is 241 g/mol. The first-order valence-corrected chi connectivity index (χ1v) is 6.18. The van der Waals surface area contributed by atoms with Gasteiger partial charge in [-0.25, -0.2) is 0 Å². The molecule has 2 aliphatic rings. The Morgan fingerprint density at radius 3 is 2.41 bits per heavy atom. The maximum atomic E-state index is 11.8. The van der Waals surface area contributed by atoms with E-state index in [1.807, 2.05) is 0 Å². The van der Waals surface area contributed by atoms with E-state index in [9.17, 15) is 14.7 Å². The Kier molecular flexibility index (Phi) is 3.38. The minimum atomic E-state index is -0.936. The minimum Gasteiger partial charge on any atom is -0.481 e. The monoisotopic (exact) mass is 241 g/mol. The lowest BCUT2D eigenvalue weighted by molar-refractivity contribution is -0.140. The summed E-state index contributed by atoms with van der Waals surface area (Å²) >= 11 is 0. The number of carboxylic acid groups (broad SMARTS) is 1. The molecule has 1 saturated heterocycles. The van der Waals surface area contributed by atoms with Gasteiger partial charge in [0.1, 0.15) is 0 Å². The first kappa shape index (κ1) is 12.4. The summed E-state index contributed by atoms with van der Waals surface area (Å²) in [4.78, 5) is 24.0. The van der Waals surface area contributed by atoms with Gasteiger partial charge < -0.3 is 15.1 Å². The van der Waals surface area contributed by atoms with E-state index in [4.69, 9.17) is 5.11 Å². The third-order valence-electron chi connectivity index (χ3n) is 4.29. The number of carboxylic acids is 1. The summed E-state index contributed by atoms with van der Waals surface area (Å²) in [5.41, 5.74) is 0.133. The van der Waals surface area contributed by atoms with Crippen molar-refractivity contribution in [3.8, 4) is 0 Å². The summed E-state index contributed by atoms with van der Waals surface area (Å²) < 4.78 is 0. The lowest BCUT2D eigenvalue weighted by Crippen LogP contribution is -2.39. The molecule has 0 radical (unpaired) electrons. The van der Waals surface area contributed by atoms with Crippen molar-refractivity contribution in [3.63, 3.8) is 0 Å². The Morgan fingerprint density at radius 1 is 1.29 bits per heavy atom. The zero-order valence-electron chi connectivity index (χ0n) is 9.89. The van der Waals surface area contributed by atoms with Crippen molar-refractivity contribution in [1.82, 2.24) is 4.90 Å². The molecule has 2 rings (SSSR count). The van der Waals surface area contributed by atoms with Gasteiger partial charge in [0.05, 0.1) is 6.42 Å². The van der Waals surface area contributed by atoms with Crippen molar-refractivity contribution in [2.45, 2.75) is 32.1 Å². The van der Waals surface area contributed by atoms with E-state index in [-0.39, 0.29) is 36.7 Å². The van der Waals surface area contributed by atoms with Gasteiger partial charge in [-0.3, -0.25) is 9.59 Å². The van der Waals surface area contributed by atoms with Crippen LogP contribution in [0.25, 0.3) is 0 Å². The highest BCUT2D eigenvalue weighted by Gasteiger charge is 2.50. The standard InChI is InChI=1S/C12H19NO4/c14-7-9-6-13(8-12(9)4-1-5-12)10(15)2-3-11(16)17/h9,14H,1-8H2,(H,16,17)/t9-/m0/s1. The van der Waals surface area contributed by atoms with E-state index in [1.54, 1.807) is 4.90 Å². The van der Waals surface area contributed by atoms with Gasteiger partial charge in [-0.2, -0.15) is 0 Å². The Balaban J connectivity index is 1.91. The van der Waals surface area contributed by atoms with E-state index >= 15 is 0 Å². The van der Waals surface area contributed by atoms with Crippen LogP contribution in [-0.4, -0.2) is 46.7 Å². The molecule has 2 fully saturated rings. The molecule has 1 saturated carbocycles. The summed E-state index contributed by atoms with van der Waals surface area (Å²) in [6.07, 6.45) is 3.31. The first-order valence-electron chi connectivity index (χ1n) is 6.18. The molecule has 1 amide bonds. The van der Waals surface area contributed by atoms with Crippen LogP contribution in [0.4, 0.5) is 0 Å². The third-order valence-corrected chi connectivity index (χ3v) is 4.29. The number of carbonyl (C=O) groups excluding carboxylic acids is 1. The van der Waals surface area contributed by atoms with Crippen LogP contribution in [0.1, 0.15) is 32.1 Å². The zero-order valence-corrected chi connectivity index (χ0v) is 9.89. The molecular formula is C12H19NO4. The molecule has 0 bridgehead atoms. The van der Waals surface area contributed by atoms with Crippen LogP contribution in [0, 0.1) is 11.3 Å². The second-order valence-corrected chi connectivity index (χ2v) is 5.26. The molecule has 5 nitrogen and oxygen atoms in total. The first-order chi connectivity index (χ1) is 8.07.